The number of nitrogens with one attached hydrogen (secondary N) is 1. The van der Waals surface area contributed by atoms with E-state index in [9.17, 15) is 9.59 Å². The Morgan fingerprint density at radius 2 is 1.83 bits per heavy atom. The summed E-state index contributed by atoms with van der Waals surface area (Å²) in [5, 5.41) is 3.86. The Balaban J connectivity index is 1.47. The molecule has 4 rings (SSSR count). The lowest BCUT2D eigenvalue weighted by Crippen LogP contribution is -2.47. The van der Waals surface area contributed by atoms with Gasteiger partial charge in [0, 0.05) is 30.9 Å². The average Bonchev–Trinajstić information content (AvgIpc) is 3.14. The lowest BCUT2D eigenvalue weighted by Gasteiger charge is -2.32. The van der Waals surface area contributed by atoms with Crippen LogP contribution < -0.4 is 11.1 Å². The maximum absolute atomic E-state index is 12.6. The van der Waals surface area contributed by atoms with Crippen molar-refractivity contribution in [2.24, 2.45) is 0 Å². The molecule has 0 aliphatic carbocycles. The molecular weight excluding hydrogens is 384 g/mol. The van der Waals surface area contributed by atoms with E-state index in [-0.39, 0.29) is 11.8 Å². The highest BCUT2D eigenvalue weighted by Crippen LogP contribution is 2.28. The molecule has 0 bridgehead atoms. The fraction of sp³-hybridized carbons (Fsp3) is 0.273. The molecule has 1 fully saturated rings. The Morgan fingerprint density at radius 3 is 2.59 bits per heavy atom. The quantitative estimate of drug-likeness (QED) is 0.651. The monoisotopic (exact) mass is 408 g/mol. The normalized spacial score (nSPS) is 14.9. The van der Waals surface area contributed by atoms with Crippen molar-refractivity contribution in [3.05, 3.63) is 59.0 Å². The zero-order chi connectivity index (χ0) is 20.4. The number of likely N-dealkylation sites (N-methyl/N-ethyl adjacent to an activating group) is 1. The molecule has 1 saturated heterocycles. The van der Waals surface area contributed by atoms with Crippen molar-refractivity contribution in [3.8, 4) is 0 Å². The van der Waals surface area contributed by atoms with Gasteiger partial charge in [-0.15, -0.1) is 11.3 Å². The highest BCUT2D eigenvalue weighted by Gasteiger charge is 2.19. The summed E-state index contributed by atoms with van der Waals surface area (Å²) in [6.45, 7) is 3.40. The highest BCUT2D eigenvalue weighted by molar-refractivity contribution is 7.20. The number of carbonyl (C=O) groups excluding carboxylic acids is 2. The molecular formula is C22H24N4O2S. The van der Waals surface area contributed by atoms with E-state index >= 15 is 0 Å². The van der Waals surface area contributed by atoms with Crippen molar-refractivity contribution in [1.29, 1.82) is 0 Å². The maximum Gasteiger partial charge on any atom is 0.265 e. The largest absolute Gasteiger partial charge is 0.397 e. The second kappa shape index (κ2) is 8.23. The van der Waals surface area contributed by atoms with Gasteiger partial charge in [-0.3, -0.25) is 9.59 Å². The van der Waals surface area contributed by atoms with Crippen LogP contribution >= 0.6 is 11.3 Å². The SMILES string of the molecule is CN1CCN(C(=O)Cc2ccc3cc(C(=O)Nc4ccccc4N)sc3c2)CC1. The van der Waals surface area contributed by atoms with Crippen molar-refractivity contribution >= 4 is 44.6 Å². The van der Waals surface area contributed by atoms with Gasteiger partial charge in [-0.2, -0.15) is 0 Å². The first kappa shape index (κ1) is 19.4. The number of fused-ring (bicyclic) bond motifs is 1. The number of nitrogens with two attached hydrogens (primary N) is 1. The first-order valence-electron chi connectivity index (χ1n) is 9.64. The Morgan fingerprint density at radius 1 is 1.07 bits per heavy atom. The number of nitrogen functional groups attached to an aromatic ring is 1. The summed E-state index contributed by atoms with van der Waals surface area (Å²) in [6.07, 6.45) is 0.389. The molecule has 2 amide bonds. The molecule has 2 heterocycles. The van der Waals surface area contributed by atoms with Crippen LogP contribution in [0.1, 0.15) is 15.2 Å². The molecule has 0 spiro atoms. The number of para-hydroxylation sites is 2. The molecule has 0 saturated carbocycles. The van der Waals surface area contributed by atoms with Crippen LogP contribution in [0.15, 0.2) is 48.5 Å². The van der Waals surface area contributed by atoms with E-state index in [2.05, 4.69) is 17.3 Å². The number of thiophene rings is 1. The number of anilines is 2. The predicted octanol–water partition coefficient (Wildman–Crippen LogP) is 3.05. The maximum atomic E-state index is 12.6. The molecule has 3 N–H and O–H groups in total. The van der Waals surface area contributed by atoms with Crippen LogP contribution in [0.3, 0.4) is 0 Å². The molecule has 0 unspecified atom stereocenters. The lowest BCUT2D eigenvalue weighted by atomic mass is 10.1. The van der Waals surface area contributed by atoms with Gasteiger partial charge in [0.15, 0.2) is 0 Å². The smallest absolute Gasteiger partial charge is 0.265 e. The van der Waals surface area contributed by atoms with Gasteiger partial charge in [0.25, 0.3) is 5.91 Å². The van der Waals surface area contributed by atoms with Crippen molar-refractivity contribution in [3.63, 3.8) is 0 Å². The average molecular weight is 409 g/mol. The number of carbonyl (C=O) groups is 2. The molecule has 0 radical (unpaired) electrons. The number of amides is 2. The van der Waals surface area contributed by atoms with E-state index in [4.69, 9.17) is 5.73 Å². The van der Waals surface area contributed by atoms with Crippen LogP contribution in [0.5, 0.6) is 0 Å². The predicted molar refractivity (Wildman–Crippen MR) is 118 cm³/mol. The molecule has 6 nitrogen and oxygen atoms in total. The van der Waals surface area contributed by atoms with Gasteiger partial charge in [-0.1, -0.05) is 24.3 Å². The van der Waals surface area contributed by atoms with Crippen LogP contribution in [-0.4, -0.2) is 54.8 Å². The topological polar surface area (TPSA) is 78.7 Å². The zero-order valence-electron chi connectivity index (χ0n) is 16.4. The first-order valence-corrected chi connectivity index (χ1v) is 10.5. The number of hydrogen-bond donors (Lipinski definition) is 2. The third-order valence-electron chi connectivity index (χ3n) is 5.23. The minimum absolute atomic E-state index is 0.159. The summed E-state index contributed by atoms with van der Waals surface area (Å²) < 4.78 is 1.000. The van der Waals surface area contributed by atoms with Gasteiger partial charge < -0.3 is 20.9 Å². The molecule has 1 aliphatic rings. The van der Waals surface area contributed by atoms with Crippen LogP contribution in [0.4, 0.5) is 11.4 Å². The summed E-state index contributed by atoms with van der Waals surface area (Å²) in [4.78, 5) is 30.0. The summed E-state index contributed by atoms with van der Waals surface area (Å²) in [6, 6.07) is 15.0. The summed E-state index contributed by atoms with van der Waals surface area (Å²) in [5.41, 5.74) is 8.02. The molecule has 0 atom stereocenters. The van der Waals surface area contributed by atoms with E-state index in [1.165, 1.54) is 11.3 Å². The Kier molecular flexibility index (Phi) is 5.51. The van der Waals surface area contributed by atoms with E-state index in [0.29, 0.717) is 22.7 Å². The van der Waals surface area contributed by atoms with Crippen LogP contribution in [0.2, 0.25) is 0 Å². The minimum Gasteiger partial charge on any atom is -0.397 e. The standard InChI is InChI=1S/C22H24N4O2S/c1-25-8-10-26(11-9-25)21(27)13-15-6-7-16-14-20(29-19(16)12-15)22(28)24-18-5-3-2-4-17(18)23/h2-7,12,14H,8-11,13,23H2,1H3,(H,24,28). The fourth-order valence-electron chi connectivity index (χ4n) is 3.43. The van der Waals surface area contributed by atoms with Crippen molar-refractivity contribution in [1.82, 2.24) is 9.80 Å². The van der Waals surface area contributed by atoms with Crippen molar-refractivity contribution in [2.45, 2.75) is 6.42 Å². The summed E-state index contributed by atoms with van der Waals surface area (Å²) >= 11 is 1.42. The van der Waals surface area contributed by atoms with Gasteiger partial charge in [0.05, 0.1) is 22.7 Å². The Bertz CT molecular complexity index is 1050. The summed E-state index contributed by atoms with van der Waals surface area (Å²) in [5.74, 6) is -0.0225. The molecule has 3 aromatic rings. The van der Waals surface area contributed by atoms with Crippen LogP contribution in [-0.2, 0) is 11.2 Å². The molecule has 1 aromatic heterocycles. The van der Waals surface area contributed by atoms with Crippen LogP contribution in [0.25, 0.3) is 10.1 Å². The third-order valence-corrected chi connectivity index (χ3v) is 6.33. The zero-order valence-corrected chi connectivity index (χ0v) is 17.2. The fourth-order valence-corrected chi connectivity index (χ4v) is 4.46. The molecule has 29 heavy (non-hydrogen) atoms. The van der Waals surface area contributed by atoms with E-state index in [1.807, 2.05) is 41.3 Å². The van der Waals surface area contributed by atoms with Gasteiger partial charge in [-0.25, -0.2) is 0 Å². The Hall–Kier alpha value is -2.90. The first-order chi connectivity index (χ1) is 14.0. The van der Waals surface area contributed by atoms with E-state index < -0.39 is 0 Å². The lowest BCUT2D eigenvalue weighted by molar-refractivity contribution is -0.132. The third kappa shape index (κ3) is 4.41. The van der Waals surface area contributed by atoms with Gasteiger partial charge in [0.2, 0.25) is 5.91 Å². The number of rotatable bonds is 4. The minimum atomic E-state index is -0.181. The van der Waals surface area contributed by atoms with Crippen molar-refractivity contribution < 1.29 is 9.59 Å². The summed E-state index contributed by atoms with van der Waals surface area (Å²) in [7, 11) is 2.08. The molecule has 7 heteroatoms. The number of hydrogen-bond acceptors (Lipinski definition) is 5. The Labute approximate surface area is 173 Å². The van der Waals surface area contributed by atoms with Gasteiger partial charge in [0.1, 0.15) is 0 Å². The number of benzene rings is 2. The number of nitrogens with zero attached hydrogens (tertiary/aromatic N) is 2. The highest BCUT2D eigenvalue weighted by atomic mass is 32.1. The van der Waals surface area contributed by atoms with E-state index in [1.54, 1.807) is 12.1 Å². The molecule has 150 valence electrons. The van der Waals surface area contributed by atoms with E-state index in [0.717, 1.165) is 41.8 Å². The second-order valence-corrected chi connectivity index (χ2v) is 8.47. The van der Waals surface area contributed by atoms with Crippen LogP contribution in [0, 0.1) is 0 Å². The van der Waals surface area contributed by atoms with Gasteiger partial charge in [-0.05, 0) is 42.3 Å². The molecule has 1 aliphatic heterocycles. The number of piperazine rings is 1. The molecule has 2 aromatic carbocycles. The van der Waals surface area contributed by atoms with Crippen molar-refractivity contribution in [2.75, 3.05) is 44.3 Å². The second-order valence-electron chi connectivity index (χ2n) is 7.39. The van der Waals surface area contributed by atoms with Gasteiger partial charge >= 0.3 is 0 Å².